The van der Waals surface area contributed by atoms with Gasteiger partial charge in [0, 0.05) is 27.3 Å². The summed E-state index contributed by atoms with van der Waals surface area (Å²) >= 11 is 7.41. The number of nitrogens with two attached hydrogens (primary N) is 1. The summed E-state index contributed by atoms with van der Waals surface area (Å²) in [5.74, 6) is -0.251. The molecule has 0 aliphatic rings. The molecule has 0 saturated heterocycles. The SMILES string of the molecule is Cc1ccc(NC(=O)c2c(C)nc3sc(C(=O)Nc4ccc(C(C)C)cc4)c(N)c3c2-c2ccc(Cl)cc2)c(C)c1. The van der Waals surface area contributed by atoms with E-state index in [4.69, 9.17) is 22.3 Å². The zero-order valence-electron chi connectivity index (χ0n) is 23.6. The van der Waals surface area contributed by atoms with Gasteiger partial charge in [-0.3, -0.25) is 9.59 Å². The van der Waals surface area contributed by atoms with Crippen LogP contribution in [0.3, 0.4) is 0 Å². The molecule has 2 amide bonds. The maximum atomic E-state index is 13.9. The molecule has 0 fully saturated rings. The van der Waals surface area contributed by atoms with Crippen molar-refractivity contribution in [2.24, 2.45) is 0 Å². The van der Waals surface area contributed by atoms with Crippen molar-refractivity contribution in [3.05, 3.63) is 105 Å². The van der Waals surface area contributed by atoms with Crippen LogP contribution in [0, 0.1) is 20.8 Å². The minimum absolute atomic E-state index is 0.277. The van der Waals surface area contributed by atoms with E-state index in [1.807, 2.05) is 68.4 Å². The highest BCUT2D eigenvalue weighted by atomic mass is 35.5. The number of rotatable bonds is 6. The Kier molecular flexibility index (Phi) is 7.84. The highest BCUT2D eigenvalue weighted by molar-refractivity contribution is 7.21. The third-order valence-electron chi connectivity index (χ3n) is 7.09. The second-order valence-corrected chi connectivity index (χ2v) is 11.9. The van der Waals surface area contributed by atoms with Crippen LogP contribution in [-0.2, 0) is 0 Å². The Bertz CT molecular complexity index is 1790. The van der Waals surface area contributed by atoms with Crippen molar-refractivity contribution < 1.29 is 9.59 Å². The number of benzene rings is 3. The number of aryl methyl sites for hydroxylation is 3. The van der Waals surface area contributed by atoms with E-state index in [9.17, 15) is 9.59 Å². The van der Waals surface area contributed by atoms with Gasteiger partial charge < -0.3 is 16.4 Å². The monoisotopic (exact) mass is 582 g/mol. The van der Waals surface area contributed by atoms with Crippen LogP contribution in [-0.4, -0.2) is 16.8 Å². The Labute approximate surface area is 248 Å². The normalized spacial score (nSPS) is 11.2. The molecule has 3 aromatic carbocycles. The summed E-state index contributed by atoms with van der Waals surface area (Å²) in [5, 5.41) is 7.14. The van der Waals surface area contributed by atoms with E-state index in [2.05, 4.69) is 24.5 Å². The maximum absolute atomic E-state index is 13.9. The lowest BCUT2D eigenvalue weighted by atomic mass is 9.94. The van der Waals surface area contributed by atoms with Crippen molar-refractivity contribution in [2.75, 3.05) is 16.4 Å². The van der Waals surface area contributed by atoms with Crippen LogP contribution in [0.4, 0.5) is 17.1 Å². The second-order valence-electron chi connectivity index (χ2n) is 10.5. The van der Waals surface area contributed by atoms with Crippen LogP contribution in [0.5, 0.6) is 0 Å². The van der Waals surface area contributed by atoms with E-state index in [-0.39, 0.29) is 17.5 Å². The van der Waals surface area contributed by atoms with Gasteiger partial charge >= 0.3 is 0 Å². The van der Waals surface area contributed by atoms with Crippen LogP contribution >= 0.6 is 22.9 Å². The summed E-state index contributed by atoms with van der Waals surface area (Å²) in [5.41, 5.74) is 13.9. The fourth-order valence-corrected chi connectivity index (χ4v) is 6.07. The average molecular weight is 583 g/mol. The summed E-state index contributed by atoms with van der Waals surface area (Å²) in [4.78, 5) is 32.9. The molecule has 2 heterocycles. The average Bonchev–Trinajstić information content (AvgIpc) is 3.26. The third kappa shape index (κ3) is 5.69. The molecule has 0 saturated carbocycles. The van der Waals surface area contributed by atoms with Crippen LogP contribution in [0.25, 0.3) is 21.3 Å². The van der Waals surface area contributed by atoms with E-state index in [1.54, 1.807) is 19.1 Å². The molecule has 0 aliphatic heterocycles. The number of hydrogen-bond donors (Lipinski definition) is 3. The van der Waals surface area contributed by atoms with Crippen LogP contribution in [0.2, 0.25) is 5.02 Å². The Balaban J connectivity index is 1.62. The Morgan fingerprint density at radius 3 is 2.22 bits per heavy atom. The first kappa shape index (κ1) is 28.3. The smallest absolute Gasteiger partial charge is 0.267 e. The number of aromatic nitrogens is 1. The van der Waals surface area contributed by atoms with Gasteiger partial charge in [-0.05, 0) is 73.7 Å². The molecule has 0 unspecified atom stereocenters. The van der Waals surface area contributed by atoms with Gasteiger partial charge in [0.2, 0.25) is 0 Å². The van der Waals surface area contributed by atoms with Crippen LogP contribution in [0.1, 0.15) is 62.2 Å². The third-order valence-corrected chi connectivity index (χ3v) is 8.44. The van der Waals surface area contributed by atoms with Crippen molar-refractivity contribution in [2.45, 2.75) is 40.5 Å². The highest BCUT2D eigenvalue weighted by Crippen LogP contribution is 2.43. The first-order valence-electron chi connectivity index (χ1n) is 13.3. The summed E-state index contributed by atoms with van der Waals surface area (Å²) in [6.45, 7) is 9.99. The van der Waals surface area contributed by atoms with Crippen molar-refractivity contribution in [1.82, 2.24) is 4.98 Å². The Hall–Kier alpha value is -4.20. The van der Waals surface area contributed by atoms with E-state index in [1.165, 1.54) is 16.9 Å². The molecule has 2 aromatic heterocycles. The molecule has 0 bridgehead atoms. The molecular formula is C33H31ClN4O2S. The molecule has 0 spiro atoms. The molecule has 8 heteroatoms. The maximum Gasteiger partial charge on any atom is 0.267 e. The van der Waals surface area contributed by atoms with E-state index in [0.29, 0.717) is 54.2 Å². The van der Waals surface area contributed by atoms with Gasteiger partial charge in [0.05, 0.1) is 16.9 Å². The number of carbonyl (C=O) groups is 2. The number of carbonyl (C=O) groups excluding carboxylic acids is 2. The number of anilines is 3. The summed E-state index contributed by atoms with van der Waals surface area (Å²) in [6, 6.07) is 20.8. The lowest BCUT2D eigenvalue weighted by Crippen LogP contribution is -2.17. The van der Waals surface area contributed by atoms with Crippen molar-refractivity contribution in [3.8, 4) is 11.1 Å². The standard InChI is InChI=1S/C33H31ClN4O2S/c1-17(2)21-9-13-24(14-10-21)37-32(40)30-29(35)28-27(22-7-11-23(34)12-8-22)26(20(5)36-33(28)41-30)31(39)38-25-15-6-18(3)16-19(25)4/h6-17H,35H2,1-5H3,(H,37,40)(H,38,39). The highest BCUT2D eigenvalue weighted by Gasteiger charge is 2.27. The number of nitrogens with zero attached hydrogens (tertiary/aromatic N) is 1. The first-order valence-corrected chi connectivity index (χ1v) is 14.5. The number of pyridine rings is 1. The molecule has 5 rings (SSSR count). The molecule has 4 N–H and O–H groups in total. The number of nitrogen functional groups attached to an aromatic ring is 1. The lowest BCUT2D eigenvalue weighted by Gasteiger charge is -2.16. The number of nitrogens with one attached hydrogen (secondary N) is 2. The summed E-state index contributed by atoms with van der Waals surface area (Å²) in [6.07, 6.45) is 0. The molecule has 5 aromatic rings. The van der Waals surface area contributed by atoms with Gasteiger partial charge in [-0.2, -0.15) is 0 Å². The topological polar surface area (TPSA) is 97.1 Å². The molecular weight excluding hydrogens is 552 g/mol. The fraction of sp³-hybridized carbons (Fsp3) is 0.182. The van der Waals surface area contributed by atoms with Crippen LogP contribution in [0.15, 0.2) is 66.7 Å². The molecule has 208 valence electrons. The predicted molar refractivity (Wildman–Crippen MR) is 172 cm³/mol. The largest absolute Gasteiger partial charge is 0.397 e. The number of amides is 2. The minimum Gasteiger partial charge on any atom is -0.397 e. The van der Waals surface area contributed by atoms with Gasteiger partial charge in [-0.25, -0.2) is 4.98 Å². The van der Waals surface area contributed by atoms with Crippen molar-refractivity contribution >= 4 is 62.0 Å². The summed E-state index contributed by atoms with van der Waals surface area (Å²) in [7, 11) is 0. The molecule has 0 atom stereocenters. The number of halogens is 1. The zero-order valence-corrected chi connectivity index (χ0v) is 25.1. The van der Waals surface area contributed by atoms with Crippen molar-refractivity contribution in [1.29, 1.82) is 0 Å². The number of thiophene rings is 1. The van der Waals surface area contributed by atoms with Gasteiger partial charge in [0.25, 0.3) is 11.8 Å². The van der Waals surface area contributed by atoms with Gasteiger partial charge in [0.1, 0.15) is 9.71 Å². The van der Waals surface area contributed by atoms with E-state index >= 15 is 0 Å². The fourth-order valence-electron chi connectivity index (χ4n) is 4.90. The predicted octanol–water partition coefficient (Wildman–Crippen LogP) is 8.75. The molecule has 0 radical (unpaired) electrons. The Morgan fingerprint density at radius 1 is 0.902 bits per heavy atom. The summed E-state index contributed by atoms with van der Waals surface area (Å²) < 4.78 is 0. The minimum atomic E-state index is -0.330. The van der Waals surface area contributed by atoms with Gasteiger partial charge in [-0.15, -0.1) is 11.3 Å². The van der Waals surface area contributed by atoms with Gasteiger partial charge in [0.15, 0.2) is 0 Å². The molecule has 0 aliphatic carbocycles. The second kappa shape index (κ2) is 11.4. The van der Waals surface area contributed by atoms with E-state index in [0.717, 1.165) is 16.7 Å². The van der Waals surface area contributed by atoms with Crippen LogP contribution < -0.4 is 16.4 Å². The Morgan fingerprint density at radius 2 is 1.59 bits per heavy atom. The first-order chi connectivity index (χ1) is 19.5. The number of hydrogen-bond acceptors (Lipinski definition) is 5. The molecule has 41 heavy (non-hydrogen) atoms. The molecule has 6 nitrogen and oxygen atoms in total. The lowest BCUT2D eigenvalue weighted by molar-refractivity contribution is 0.102. The van der Waals surface area contributed by atoms with Gasteiger partial charge in [-0.1, -0.05) is 67.4 Å². The number of fused-ring (bicyclic) bond motifs is 1. The van der Waals surface area contributed by atoms with Crippen molar-refractivity contribution in [3.63, 3.8) is 0 Å². The quantitative estimate of drug-likeness (QED) is 0.186. The van der Waals surface area contributed by atoms with E-state index < -0.39 is 0 Å². The zero-order chi connectivity index (χ0) is 29.4.